The van der Waals surface area contributed by atoms with Gasteiger partial charge >= 0.3 is 0 Å². The number of hydrogen-bond acceptors (Lipinski definition) is 4. The zero-order valence-electron chi connectivity index (χ0n) is 11.5. The highest BCUT2D eigenvalue weighted by atomic mass is 32.2. The number of nitrogens with one attached hydrogen (secondary N) is 1. The monoisotopic (exact) mass is 290 g/mol. The molecule has 20 heavy (non-hydrogen) atoms. The summed E-state index contributed by atoms with van der Waals surface area (Å²) in [6.07, 6.45) is 3.83. The molecule has 1 aromatic heterocycles. The SMILES string of the molecule is CC(=O)Nc1ccc(SC(CN)c2cnn(C)c2)cc1. The topological polar surface area (TPSA) is 72.9 Å². The summed E-state index contributed by atoms with van der Waals surface area (Å²) in [5, 5.41) is 7.10. The predicted molar refractivity (Wildman–Crippen MR) is 81.6 cm³/mol. The number of amides is 1. The van der Waals surface area contributed by atoms with Crippen molar-refractivity contribution in [1.29, 1.82) is 0 Å². The van der Waals surface area contributed by atoms with E-state index in [0.717, 1.165) is 16.1 Å². The summed E-state index contributed by atoms with van der Waals surface area (Å²) in [6, 6.07) is 7.74. The van der Waals surface area contributed by atoms with Crippen LogP contribution < -0.4 is 11.1 Å². The number of carbonyl (C=O) groups excluding carboxylic acids is 1. The molecule has 2 rings (SSSR count). The van der Waals surface area contributed by atoms with Gasteiger partial charge in [-0.2, -0.15) is 5.10 Å². The third-order valence-corrected chi connectivity index (χ3v) is 4.06. The van der Waals surface area contributed by atoms with Crippen LogP contribution in [0.15, 0.2) is 41.6 Å². The third-order valence-electron chi connectivity index (χ3n) is 2.76. The van der Waals surface area contributed by atoms with E-state index in [1.54, 1.807) is 16.4 Å². The lowest BCUT2D eigenvalue weighted by atomic mass is 10.2. The van der Waals surface area contributed by atoms with E-state index < -0.39 is 0 Å². The van der Waals surface area contributed by atoms with Gasteiger partial charge < -0.3 is 11.1 Å². The maximum atomic E-state index is 11.0. The minimum Gasteiger partial charge on any atom is -0.329 e. The molecule has 1 heterocycles. The predicted octanol–water partition coefficient (Wildman–Crippen LogP) is 2.17. The first-order valence-corrected chi connectivity index (χ1v) is 7.19. The summed E-state index contributed by atoms with van der Waals surface area (Å²) in [7, 11) is 1.89. The molecule has 0 bridgehead atoms. The molecule has 0 saturated carbocycles. The Balaban J connectivity index is 2.06. The summed E-state index contributed by atoms with van der Waals surface area (Å²) in [5.74, 6) is -0.0689. The number of carbonyl (C=O) groups is 1. The van der Waals surface area contributed by atoms with Gasteiger partial charge in [0, 0.05) is 48.1 Å². The molecule has 1 unspecified atom stereocenters. The molecule has 0 spiro atoms. The van der Waals surface area contributed by atoms with Crippen molar-refractivity contribution in [2.75, 3.05) is 11.9 Å². The second-order valence-electron chi connectivity index (χ2n) is 4.50. The maximum Gasteiger partial charge on any atom is 0.221 e. The smallest absolute Gasteiger partial charge is 0.221 e. The fourth-order valence-electron chi connectivity index (χ4n) is 1.84. The molecular formula is C14H18N4OS. The Morgan fingerprint density at radius 2 is 2.15 bits per heavy atom. The molecule has 1 atom stereocenters. The largest absolute Gasteiger partial charge is 0.329 e. The van der Waals surface area contributed by atoms with Crippen LogP contribution in [0, 0.1) is 0 Å². The molecule has 106 valence electrons. The zero-order chi connectivity index (χ0) is 14.5. The van der Waals surface area contributed by atoms with E-state index in [1.807, 2.05) is 43.7 Å². The standard InChI is InChI=1S/C14H18N4OS/c1-10(19)17-12-3-5-13(6-4-12)20-14(7-15)11-8-16-18(2)9-11/h3-6,8-9,14H,7,15H2,1-2H3,(H,17,19). The average molecular weight is 290 g/mol. The number of hydrogen-bond donors (Lipinski definition) is 2. The third kappa shape index (κ3) is 3.85. The molecule has 0 aliphatic heterocycles. The Morgan fingerprint density at radius 1 is 1.45 bits per heavy atom. The first-order chi connectivity index (χ1) is 9.58. The van der Waals surface area contributed by atoms with Gasteiger partial charge in [-0.3, -0.25) is 9.48 Å². The molecule has 1 amide bonds. The summed E-state index contributed by atoms with van der Waals surface area (Å²) < 4.78 is 1.78. The molecule has 0 fully saturated rings. The molecular weight excluding hydrogens is 272 g/mol. The van der Waals surface area contributed by atoms with E-state index in [4.69, 9.17) is 5.73 Å². The van der Waals surface area contributed by atoms with Gasteiger partial charge in [-0.1, -0.05) is 0 Å². The Bertz CT molecular complexity index is 579. The molecule has 0 saturated heterocycles. The van der Waals surface area contributed by atoms with E-state index in [0.29, 0.717) is 6.54 Å². The lowest BCUT2D eigenvalue weighted by Crippen LogP contribution is -2.08. The summed E-state index contributed by atoms with van der Waals surface area (Å²) in [6.45, 7) is 2.04. The summed E-state index contributed by atoms with van der Waals surface area (Å²) in [5.41, 5.74) is 7.76. The molecule has 5 nitrogen and oxygen atoms in total. The fraction of sp³-hybridized carbons (Fsp3) is 0.286. The number of aryl methyl sites for hydroxylation is 1. The molecule has 3 N–H and O–H groups in total. The highest BCUT2D eigenvalue weighted by Gasteiger charge is 2.13. The van der Waals surface area contributed by atoms with Crippen LogP contribution in [0.3, 0.4) is 0 Å². The van der Waals surface area contributed by atoms with Gasteiger partial charge in [-0.25, -0.2) is 0 Å². The number of nitrogens with zero attached hydrogens (tertiary/aromatic N) is 2. The molecule has 0 radical (unpaired) electrons. The van der Waals surface area contributed by atoms with Crippen molar-refractivity contribution in [2.45, 2.75) is 17.1 Å². The Morgan fingerprint density at radius 3 is 2.65 bits per heavy atom. The van der Waals surface area contributed by atoms with Gasteiger partial charge in [-0.05, 0) is 24.3 Å². The van der Waals surface area contributed by atoms with E-state index in [2.05, 4.69) is 10.4 Å². The van der Waals surface area contributed by atoms with Gasteiger partial charge in [0.25, 0.3) is 0 Å². The van der Waals surface area contributed by atoms with Crippen LogP contribution in [0.25, 0.3) is 0 Å². The minimum atomic E-state index is -0.0689. The maximum absolute atomic E-state index is 11.0. The van der Waals surface area contributed by atoms with Gasteiger partial charge in [0.1, 0.15) is 0 Å². The van der Waals surface area contributed by atoms with Crippen LogP contribution in [0.1, 0.15) is 17.7 Å². The molecule has 0 aliphatic carbocycles. The Labute approximate surface area is 122 Å². The van der Waals surface area contributed by atoms with E-state index in [1.165, 1.54) is 6.92 Å². The van der Waals surface area contributed by atoms with Gasteiger partial charge in [0.2, 0.25) is 5.91 Å². The van der Waals surface area contributed by atoms with E-state index >= 15 is 0 Å². The van der Waals surface area contributed by atoms with Gasteiger partial charge in [-0.15, -0.1) is 11.8 Å². The van der Waals surface area contributed by atoms with Crippen molar-refractivity contribution in [1.82, 2.24) is 9.78 Å². The van der Waals surface area contributed by atoms with Gasteiger partial charge in [0.15, 0.2) is 0 Å². The van der Waals surface area contributed by atoms with Crippen LogP contribution in [0.4, 0.5) is 5.69 Å². The number of aromatic nitrogens is 2. The number of anilines is 1. The number of rotatable bonds is 5. The lowest BCUT2D eigenvalue weighted by Gasteiger charge is -2.13. The van der Waals surface area contributed by atoms with E-state index in [-0.39, 0.29) is 11.2 Å². The van der Waals surface area contributed by atoms with Gasteiger partial charge in [0.05, 0.1) is 6.20 Å². The van der Waals surface area contributed by atoms with E-state index in [9.17, 15) is 4.79 Å². The normalized spacial score (nSPS) is 12.2. The average Bonchev–Trinajstić information content (AvgIpc) is 2.84. The van der Waals surface area contributed by atoms with Crippen molar-refractivity contribution in [2.24, 2.45) is 12.8 Å². The first kappa shape index (κ1) is 14.6. The summed E-state index contributed by atoms with van der Waals surface area (Å²) >= 11 is 1.69. The summed E-state index contributed by atoms with van der Waals surface area (Å²) in [4.78, 5) is 12.1. The molecule has 6 heteroatoms. The van der Waals surface area contributed by atoms with Crippen LogP contribution in [0.2, 0.25) is 0 Å². The lowest BCUT2D eigenvalue weighted by molar-refractivity contribution is -0.114. The van der Waals surface area contributed by atoms with Crippen molar-refractivity contribution in [3.8, 4) is 0 Å². The molecule has 0 aliphatic rings. The second-order valence-corrected chi connectivity index (χ2v) is 5.77. The fourth-order valence-corrected chi connectivity index (χ4v) is 2.82. The Kier molecular flexibility index (Phi) is 4.81. The highest BCUT2D eigenvalue weighted by molar-refractivity contribution is 7.99. The van der Waals surface area contributed by atoms with Crippen LogP contribution in [-0.4, -0.2) is 22.2 Å². The van der Waals surface area contributed by atoms with Crippen molar-refractivity contribution < 1.29 is 4.79 Å². The van der Waals surface area contributed by atoms with Crippen molar-refractivity contribution in [3.05, 3.63) is 42.2 Å². The van der Waals surface area contributed by atoms with Crippen LogP contribution >= 0.6 is 11.8 Å². The second kappa shape index (κ2) is 6.58. The first-order valence-electron chi connectivity index (χ1n) is 6.31. The van der Waals surface area contributed by atoms with Crippen LogP contribution in [-0.2, 0) is 11.8 Å². The zero-order valence-corrected chi connectivity index (χ0v) is 12.4. The minimum absolute atomic E-state index is 0.0689. The molecule has 2 aromatic rings. The number of thioether (sulfide) groups is 1. The highest BCUT2D eigenvalue weighted by Crippen LogP contribution is 2.34. The van der Waals surface area contributed by atoms with Crippen molar-refractivity contribution >= 4 is 23.4 Å². The number of nitrogens with two attached hydrogens (primary N) is 1. The number of benzene rings is 1. The van der Waals surface area contributed by atoms with Crippen LogP contribution in [0.5, 0.6) is 0 Å². The quantitative estimate of drug-likeness (QED) is 0.828. The molecule has 1 aromatic carbocycles. The Hall–Kier alpha value is -1.79. The van der Waals surface area contributed by atoms with Crippen molar-refractivity contribution in [3.63, 3.8) is 0 Å².